The average Bonchev–Trinajstić information content (AvgIpc) is 2.53. The van der Waals surface area contributed by atoms with Crippen LogP contribution in [0.3, 0.4) is 0 Å². The highest BCUT2D eigenvalue weighted by Gasteiger charge is 2.28. The Balaban J connectivity index is 1.99. The molecule has 96 valence electrons. The minimum atomic E-state index is -3.45. The van der Waals surface area contributed by atoms with Crippen LogP contribution in [0.25, 0.3) is 0 Å². The molecule has 7 heteroatoms. The predicted molar refractivity (Wildman–Crippen MR) is 68.0 cm³/mol. The van der Waals surface area contributed by atoms with Crippen LogP contribution in [-0.2, 0) is 10.0 Å². The predicted octanol–water partition coefficient (Wildman–Crippen LogP) is 1.76. The second-order valence-electron chi connectivity index (χ2n) is 4.37. The lowest BCUT2D eigenvalue weighted by Crippen LogP contribution is -2.38. The molecule has 1 heterocycles. The van der Waals surface area contributed by atoms with Gasteiger partial charge in [0.2, 0.25) is 10.0 Å². The van der Waals surface area contributed by atoms with Crippen molar-refractivity contribution in [1.29, 1.82) is 0 Å². The summed E-state index contributed by atoms with van der Waals surface area (Å²) in [5.41, 5.74) is 0.774. The molecule has 1 aromatic rings. The molecule has 2 rings (SSSR count). The van der Waals surface area contributed by atoms with E-state index in [0.29, 0.717) is 23.7 Å². The van der Waals surface area contributed by atoms with Crippen LogP contribution in [0.2, 0.25) is 4.34 Å². The Labute approximate surface area is 110 Å². The molecule has 1 aliphatic rings. The lowest BCUT2D eigenvalue weighted by molar-refractivity contribution is 0.0453. The van der Waals surface area contributed by atoms with Gasteiger partial charge < -0.3 is 5.11 Å². The molecule has 1 aliphatic carbocycles. The molecule has 1 fully saturated rings. The third kappa shape index (κ3) is 3.00. The van der Waals surface area contributed by atoms with E-state index in [1.54, 1.807) is 13.0 Å². The second kappa shape index (κ2) is 4.85. The van der Waals surface area contributed by atoms with Gasteiger partial charge in [0, 0.05) is 6.54 Å². The first-order valence-corrected chi connectivity index (χ1v) is 8.00. The van der Waals surface area contributed by atoms with E-state index in [4.69, 9.17) is 16.7 Å². The summed E-state index contributed by atoms with van der Waals surface area (Å²) in [4.78, 5) is 0. The van der Waals surface area contributed by atoms with Crippen molar-refractivity contribution < 1.29 is 13.5 Å². The van der Waals surface area contributed by atoms with Gasteiger partial charge in [0.05, 0.1) is 10.4 Å². The number of aliphatic hydroxyl groups excluding tert-OH is 1. The van der Waals surface area contributed by atoms with Gasteiger partial charge in [-0.3, -0.25) is 0 Å². The van der Waals surface area contributed by atoms with E-state index in [1.807, 2.05) is 0 Å². The minimum Gasteiger partial charge on any atom is -0.393 e. The summed E-state index contributed by atoms with van der Waals surface area (Å²) in [7, 11) is -3.45. The molecular formula is C10H14ClNO3S2. The highest BCUT2D eigenvalue weighted by Crippen LogP contribution is 2.31. The summed E-state index contributed by atoms with van der Waals surface area (Å²) >= 11 is 6.91. The molecule has 0 atom stereocenters. The van der Waals surface area contributed by atoms with Crippen LogP contribution in [0.5, 0.6) is 0 Å². The van der Waals surface area contributed by atoms with Crippen molar-refractivity contribution in [3.63, 3.8) is 0 Å². The number of thiophene rings is 1. The second-order valence-corrected chi connectivity index (χ2v) is 8.01. The lowest BCUT2D eigenvalue weighted by Gasteiger charge is -2.31. The molecule has 1 saturated carbocycles. The first kappa shape index (κ1) is 13.3. The summed E-state index contributed by atoms with van der Waals surface area (Å²) < 4.78 is 27.1. The molecule has 0 aromatic carbocycles. The first-order chi connectivity index (χ1) is 7.88. The van der Waals surface area contributed by atoms with Crippen molar-refractivity contribution in [1.82, 2.24) is 4.72 Å². The average molecular weight is 296 g/mol. The van der Waals surface area contributed by atoms with Crippen LogP contribution >= 0.6 is 22.9 Å². The van der Waals surface area contributed by atoms with Gasteiger partial charge in [-0.2, -0.15) is 0 Å². The maximum atomic E-state index is 11.9. The number of hydrogen-bond donors (Lipinski definition) is 2. The number of aliphatic hydroxyl groups is 1. The molecule has 0 spiro atoms. The number of sulfonamides is 1. The fourth-order valence-electron chi connectivity index (χ4n) is 1.73. The Bertz CT molecular complexity index is 486. The summed E-state index contributed by atoms with van der Waals surface area (Å²) in [5.74, 6) is 0.247. The summed E-state index contributed by atoms with van der Waals surface area (Å²) in [6.07, 6.45) is 1.09. The quantitative estimate of drug-likeness (QED) is 0.889. The summed E-state index contributed by atoms with van der Waals surface area (Å²) in [6.45, 7) is 2.16. The van der Waals surface area contributed by atoms with E-state index in [2.05, 4.69) is 4.72 Å². The molecule has 17 heavy (non-hydrogen) atoms. The van der Waals surface area contributed by atoms with E-state index >= 15 is 0 Å². The van der Waals surface area contributed by atoms with Gasteiger partial charge in [0.1, 0.15) is 4.21 Å². The van der Waals surface area contributed by atoms with Gasteiger partial charge in [-0.15, -0.1) is 11.3 Å². The van der Waals surface area contributed by atoms with Crippen LogP contribution in [-0.4, -0.2) is 26.2 Å². The van der Waals surface area contributed by atoms with Crippen LogP contribution in [0.1, 0.15) is 18.4 Å². The van der Waals surface area contributed by atoms with Gasteiger partial charge in [-0.25, -0.2) is 13.1 Å². The molecule has 0 saturated heterocycles. The van der Waals surface area contributed by atoms with Crippen molar-refractivity contribution in [3.8, 4) is 0 Å². The normalized spacial score (nSPS) is 24.6. The largest absolute Gasteiger partial charge is 0.393 e. The SMILES string of the molecule is Cc1cc(S(=O)(=O)NCC2CC(O)C2)sc1Cl. The topological polar surface area (TPSA) is 66.4 Å². The zero-order valence-corrected chi connectivity index (χ0v) is 11.7. The van der Waals surface area contributed by atoms with E-state index in [0.717, 1.165) is 16.9 Å². The van der Waals surface area contributed by atoms with Gasteiger partial charge in [0.25, 0.3) is 0 Å². The maximum Gasteiger partial charge on any atom is 0.250 e. The number of hydrogen-bond acceptors (Lipinski definition) is 4. The number of rotatable bonds is 4. The van der Waals surface area contributed by atoms with Crippen LogP contribution in [0.4, 0.5) is 0 Å². The van der Waals surface area contributed by atoms with Crippen LogP contribution in [0.15, 0.2) is 10.3 Å². The number of halogens is 1. The van der Waals surface area contributed by atoms with E-state index in [9.17, 15) is 8.42 Å². The monoisotopic (exact) mass is 295 g/mol. The van der Waals surface area contributed by atoms with E-state index in [-0.39, 0.29) is 16.2 Å². The Morgan fingerprint density at radius 2 is 2.24 bits per heavy atom. The molecule has 0 bridgehead atoms. The maximum absolute atomic E-state index is 11.9. The fourth-order valence-corrected chi connectivity index (χ4v) is 4.60. The molecule has 4 nitrogen and oxygen atoms in total. The van der Waals surface area contributed by atoms with Crippen molar-refractivity contribution in [2.45, 2.75) is 30.1 Å². The Hall–Kier alpha value is -0.140. The first-order valence-electron chi connectivity index (χ1n) is 5.32. The van der Waals surface area contributed by atoms with Gasteiger partial charge in [-0.1, -0.05) is 11.6 Å². The molecule has 2 N–H and O–H groups in total. The van der Waals surface area contributed by atoms with Crippen LogP contribution < -0.4 is 4.72 Å². The van der Waals surface area contributed by atoms with Gasteiger partial charge in [0.15, 0.2) is 0 Å². The van der Waals surface area contributed by atoms with Crippen molar-refractivity contribution in [3.05, 3.63) is 16.0 Å². The van der Waals surface area contributed by atoms with E-state index in [1.165, 1.54) is 0 Å². The molecule has 0 aliphatic heterocycles. The molecule has 0 radical (unpaired) electrons. The lowest BCUT2D eigenvalue weighted by atomic mass is 9.83. The molecular weight excluding hydrogens is 282 g/mol. The third-order valence-electron chi connectivity index (χ3n) is 2.87. The molecule has 0 amide bonds. The number of nitrogens with one attached hydrogen (secondary N) is 1. The Kier molecular flexibility index (Phi) is 3.80. The zero-order chi connectivity index (χ0) is 12.6. The number of aryl methyl sites for hydroxylation is 1. The molecule has 1 aromatic heterocycles. The molecule has 0 unspecified atom stereocenters. The Morgan fingerprint density at radius 1 is 1.59 bits per heavy atom. The smallest absolute Gasteiger partial charge is 0.250 e. The van der Waals surface area contributed by atoms with Crippen LogP contribution in [0, 0.1) is 12.8 Å². The van der Waals surface area contributed by atoms with Gasteiger partial charge >= 0.3 is 0 Å². The van der Waals surface area contributed by atoms with E-state index < -0.39 is 10.0 Å². The van der Waals surface area contributed by atoms with Crippen molar-refractivity contribution in [2.75, 3.05) is 6.54 Å². The fraction of sp³-hybridized carbons (Fsp3) is 0.600. The standard InChI is InChI=1S/C10H14ClNO3S2/c1-6-2-9(16-10(6)11)17(14,15)12-5-7-3-8(13)4-7/h2,7-8,12-13H,3-5H2,1H3. The zero-order valence-electron chi connectivity index (χ0n) is 9.31. The summed E-state index contributed by atoms with van der Waals surface area (Å²) in [5, 5.41) is 9.11. The van der Waals surface area contributed by atoms with Gasteiger partial charge in [-0.05, 0) is 37.3 Å². The summed E-state index contributed by atoms with van der Waals surface area (Å²) in [6, 6.07) is 1.57. The third-order valence-corrected chi connectivity index (χ3v) is 6.32. The van der Waals surface area contributed by atoms with Crippen molar-refractivity contribution in [2.24, 2.45) is 5.92 Å². The highest BCUT2D eigenvalue weighted by molar-refractivity contribution is 7.91. The minimum absolute atomic E-state index is 0.247. The highest BCUT2D eigenvalue weighted by atomic mass is 35.5. The Morgan fingerprint density at radius 3 is 2.71 bits per heavy atom. The van der Waals surface area contributed by atoms with Crippen molar-refractivity contribution >= 4 is 33.0 Å².